The number of thiazole rings is 1. The molecule has 1 aliphatic carbocycles. The number of fused-ring (bicyclic) bond motifs is 2. The number of imide groups is 1. The molecule has 5 rings (SSSR count). The van der Waals surface area contributed by atoms with E-state index in [4.69, 9.17) is 0 Å². The fraction of sp³-hybridized carbons (Fsp3) is 0.333. The second kappa shape index (κ2) is 8.67. The quantitative estimate of drug-likeness (QED) is 0.423. The van der Waals surface area contributed by atoms with E-state index in [-0.39, 0.29) is 35.3 Å². The van der Waals surface area contributed by atoms with Gasteiger partial charge in [0.1, 0.15) is 0 Å². The summed E-state index contributed by atoms with van der Waals surface area (Å²) in [6.45, 7) is 1.96. The molecular weight excluding hydrogens is 442 g/mol. The Bertz CT molecular complexity index is 1200. The highest BCUT2D eigenvalue weighted by Crippen LogP contribution is 2.41. The number of carbonyl (C=O) groups excluding carboxylic acids is 3. The number of nitrogens with one attached hydrogen (secondary N) is 1. The van der Waals surface area contributed by atoms with Crippen LogP contribution in [0.15, 0.2) is 46.8 Å². The Balaban J connectivity index is 1.29. The van der Waals surface area contributed by atoms with Crippen molar-refractivity contribution in [2.75, 3.05) is 16.0 Å². The summed E-state index contributed by atoms with van der Waals surface area (Å²) in [7, 11) is 0. The average molecular weight is 466 g/mol. The molecule has 6 nitrogen and oxygen atoms in total. The molecule has 0 radical (unpaired) electrons. The van der Waals surface area contributed by atoms with E-state index in [1.165, 1.54) is 28.0 Å². The van der Waals surface area contributed by atoms with E-state index in [0.29, 0.717) is 5.69 Å². The van der Waals surface area contributed by atoms with Crippen LogP contribution in [0, 0.1) is 18.8 Å². The van der Waals surface area contributed by atoms with Crippen LogP contribution in [0.1, 0.15) is 31.2 Å². The number of carbonyl (C=O) groups is 3. The maximum absolute atomic E-state index is 12.9. The van der Waals surface area contributed by atoms with E-state index in [1.54, 1.807) is 6.07 Å². The van der Waals surface area contributed by atoms with Gasteiger partial charge in [0.2, 0.25) is 17.7 Å². The lowest BCUT2D eigenvalue weighted by Gasteiger charge is -2.19. The second-order valence-corrected chi connectivity index (χ2v) is 10.5. The zero-order valence-electron chi connectivity index (χ0n) is 17.7. The van der Waals surface area contributed by atoms with Crippen molar-refractivity contribution in [1.82, 2.24) is 4.98 Å². The average Bonchev–Trinajstić information content (AvgIpc) is 3.32. The van der Waals surface area contributed by atoms with E-state index in [9.17, 15) is 14.4 Å². The molecule has 0 bridgehead atoms. The SMILES string of the molecule is Cc1ccccc1NC(=O)CSc1nc2ccc(N3C(=O)[C@H]4CCCC[C@H]4C3=O)cc2s1. The first-order chi connectivity index (χ1) is 15.5. The van der Waals surface area contributed by atoms with Gasteiger partial charge in [0, 0.05) is 5.69 Å². The summed E-state index contributed by atoms with van der Waals surface area (Å²) in [5.41, 5.74) is 3.26. The minimum absolute atomic E-state index is 0.0639. The highest BCUT2D eigenvalue weighted by atomic mass is 32.2. The standard InChI is InChI=1S/C24H23N3O3S2/c1-14-6-2-5-9-18(14)25-21(28)13-31-24-26-19-11-10-15(12-20(19)32-24)27-22(29)16-7-3-4-8-17(16)23(27)30/h2,5-6,9-12,16-17H,3-4,7-8,13H2,1H3,(H,25,28)/t16-,17+. The number of rotatable bonds is 5. The van der Waals surface area contributed by atoms with Gasteiger partial charge in [0.15, 0.2) is 4.34 Å². The molecule has 1 aliphatic heterocycles. The van der Waals surface area contributed by atoms with Crippen LogP contribution in [0.5, 0.6) is 0 Å². The number of thioether (sulfide) groups is 1. The predicted molar refractivity (Wildman–Crippen MR) is 128 cm³/mol. The molecule has 2 fully saturated rings. The third-order valence-electron chi connectivity index (χ3n) is 6.20. The van der Waals surface area contributed by atoms with Gasteiger partial charge < -0.3 is 5.32 Å². The number of aryl methyl sites for hydroxylation is 1. The van der Waals surface area contributed by atoms with Crippen LogP contribution in [0.25, 0.3) is 10.2 Å². The van der Waals surface area contributed by atoms with Crippen LogP contribution in [0.2, 0.25) is 0 Å². The smallest absolute Gasteiger partial charge is 0.237 e. The van der Waals surface area contributed by atoms with Crippen molar-refractivity contribution in [1.29, 1.82) is 0 Å². The number of aromatic nitrogens is 1. The molecule has 2 aliphatic rings. The maximum Gasteiger partial charge on any atom is 0.237 e. The molecule has 1 saturated heterocycles. The first kappa shape index (κ1) is 21.2. The molecule has 164 valence electrons. The largest absolute Gasteiger partial charge is 0.325 e. The molecule has 1 aromatic heterocycles. The Hall–Kier alpha value is -2.71. The summed E-state index contributed by atoms with van der Waals surface area (Å²) in [4.78, 5) is 44.1. The van der Waals surface area contributed by atoms with Crippen molar-refractivity contribution in [2.45, 2.75) is 36.9 Å². The van der Waals surface area contributed by atoms with Crippen LogP contribution in [-0.2, 0) is 14.4 Å². The van der Waals surface area contributed by atoms with Gasteiger partial charge >= 0.3 is 0 Å². The van der Waals surface area contributed by atoms with Crippen LogP contribution >= 0.6 is 23.1 Å². The van der Waals surface area contributed by atoms with E-state index < -0.39 is 0 Å². The van der Waals surface area contributed by atoms with Gasteiger partial charge in [-0.3, -0.25) is 19.3 Å². The molecule has 0 spiro atoms. The van der Waals surface area contributed by atoms with Gasteiger partial charge in [-0.2, -0.15) is 0 Å². The van der Waals surface area contributed by atoms with Gasteiger partial charge in [-0.05, 0) is 49.6 Å². The maximum atomic E-state index is 12.9. The zero-order valence-corrected chi connectivity index (χ0v) is 19.3. The monoisotopic (exact) mass is 465 g/mol. The highest BCUT2D eigenvalue weighted by Gasteiger charge is 2.48. The summed E-state index contributed by atoms with van der Waals surface area (Å²) in [5.74, 6) is -0.275. The number of anilines is 2. The van der Waals surface area contributed by atoms with E-state index in [1.807, 2.05) is 43.3 Å². The number of para-hydroxylation sites is 1. The van der Waals surface area contributed by atoms with Crippen LogP contribution in [0.3, 0.4) is 0 Å². The van der Waals surface area contributed by atoms with Crippen molar-refractivity contribution >= 4 is 62.4 Å². The first-order valence-electron chi connectivity index (χ1n) is 10.8. The first-order valence-corrected chi connectivity index (χ1v) is 12.6. The predicted octanol–water partition coefficient (Wildman–Crippen LogP) is 5.02. The molecule has 32 heavy (non-hydrogen) atoms. The third-order valence-corrected chi connectivity index (χ3v) is 8.36. The Morgan fingerprint density at radius 3 is 2.56 bits per heavy atom. The summed E-state index contributed by atoms with van der Waals surface area (Å²) in [6, 6.07) is 13.2. The Morgan fingerprint density at radius 2 is 1.84 bits per heavy atom. The molecule has 2 aromatic carbocycles. The summed E-state index contributed by atoms with van der Waals surface area (Å²) < 4.78 is 1.68. The highest BCUT2D eigenvalue weighted by molar-refractivity contribution is 8.01. The van der Waals surface area contributed by atoms with Crippen molar-refractivity contribution in [3.05, 3.63) is 48.0 Å². The zero-order chi connectivity index (χ0) is 22.2. The van der Waals surface area contributed by atoms with Crippen LogP contribution in [0.4, 0.5) is 11.4 Å². The van der Waals surface area contributed by atoms with Crippen LogP contribution < -0.4 is 10.2 Å². The normalized spacial score (nSPS) is 20.6. The molecule has 1 N–H and O–H groups in total. The number of amides is 3. The number of hydrogen-bond acceptors (Lipinski definition) is 6. The van der Waals surface area contributed by atoms with E-state index in [2.05, 4.69) is 10.3 Å². The van der Waals surface area contributed by atoms with Gasteiger partial charge in [-0.1, -0.05) is 42.8 Å². The van der Waals surface area contributed by atoms with Crippen molar-refractivity contribution in [3.63, 3.8) is 0 Å². The molecule has 0 unspecified atom stereocenters. The van der Waals surface area contributed by atoms with Gasteiger partial charge in [-0.25, -0.2) is 4.98 Å². The summed E-state index contributed by atoms with van der Waals surface area (Å²) in [6.07, 6.45) is 3.64. The van der Waals surface area contributed by atoms with E-state index in [0.717, 1.165) is 51.5 Å². The van der Waals surface area contributed by atoms with Crippen molar-refractivity contribution in [3.8, 4) is 0 Å². The van der Waals surface area contributed by atoms with Crippen molar-refractivity contribution in [2.24, 2.45) is 11.8 Å². The lowest BCUT2D eigenvalue weighted by atomic mass is 9.81. The lowest BCUT2D eigenvalue weighted by Crippen LogP contribution is -2.30. The Kier molecular flexibility index (Phi) is 5.73. The topological polar surface area (TPSA) is 79.4 Å². The second-order valence-electron chi connectivity index (χ2n) is 8.29. The molecule has 1 saturated carbocycles. The molecule has 3 aromatic rings. The molecular formula is C24H23N3O3S2. The Labute approximate surface area is 194 Å². The summed E-state index contributed by atoms with van der Waals surface area (Å²) in [5, 5.41) is 2.93. The summed E-state index contributed by atoms with van der Waals surface area (Å²) >= 11 is 2.85. The minimum atomic E-state index is -0.161. The lowest BCUT2D eigenvalue weighted by molar-refractivity contribution is -0.122. The van der Waals surface area contributed by atoms with Gasteiger partial charge in [-0.15, -0.1) is 11.3 Å². The fourth-order valence-electron chi connectivity index (χ4n) is 4.54. The number of nitrogens with zero attached hydrogens (tertiary/aromatic N) is 2. The van der Waals surface area contributed by atoms with E-state index >= 15 is 0 Å². The molecule has 2 atom stereocenters. The van der Waals surface area contributed by atoms with Crippen molar-refractivity contribution < 1.29 is 14.4 Å². The number of benzene rings is 2. The fourth-order valence-corrected chi connectivity index (χ4v) is 6.44. The Morgan fingerprint density at radius 1 is 1.12 bits per heavy atom. The van der Waals surface area contributed by atoms with Gasteiger partial charge in [0.05, 0.1) is 33.5 Å². The van der Waals surface area contributed by atoms with Crippen LogP contribution in [-0.4, -0.2) is 28.5 Å². The molecule has 8 heteroatoms. The minimum Gasteiger partial charge on any atom is -0.325 e. The molecule has 3 amide bonds. The third kappa shape index (κ3) is 3.93. The number of hydrogen-bond donors (Lipinski definition) is 1. The van der Waals surface area contributed by atoms with Gasteiger partial charge in [0.25, 0.3) is 0 Å². The molecule has 2 heterocycles.